The zero-order valence-corrected chi connectivity index (χ0v) is 7.15. The molecule has 0 aliphatic carbocycles. The first kappa shape index (κ1) is 8.55. The van der Waals surface area contributed by atoms with Crippen LogP contribution in [0.5, 0.6) is 0 Å². The number of amides is 2. The summed E-state index contributed by atoms with van der Waals surface area (Å²) in [4.78, 5) is 21.9. The van der Waals surface area contributed by atoms with Crippen molar-refractivity contribution in [2.75, 3.05) is 5.32 Å². The highest BCUT2D eigenvalue weighted by molar-refractivity contribution is 5.97. The van der Waals surface area contributed by atoms with Gasteiger partial charge in [-0.05, 0) is 6.07 Å². The lowest BCUT2D eigenvalue weighted by molar-refractivity contribution is -0.139. The third kappa shape index (κ3) is 1.28. The molecule has 1 aliphatic rings. The number of carboxylic acid groups (broad SMARTS) is 1. The summed E-state index contributed by atoms with van der Waals surface area (Å²) in [5, 5.41) is 13.7. The highest BCUT2D eigenvalue weighted by atomic mass is 16.4. The molecule has 0 bridgehead atoms. The smallest absolute Gasteiger partial charge is 0.331 e. The predicted octanol–water partition coefficient (Wildman–Crippen LogP) is 0.947. The van der Waals surface area contributed by atoms with Gasteiger partial charge in [-0.3, -0.25) is 0 Å². The monoisotopic (exact) mass is 192 g/mol. The molecule has 1 atom stereocenters. The Bertz CT molecular complexity index is 403. The van der Waals surface area contributed by atoms with Gasteiger partial charge in [-0.25, -0.2) is 9.59 Å². The van der Waals surface area contributed by atoms with Crippen molar-refractivity contribution in [2.24, 2.45) is 0 Å². The van der Waals surface area contributed by atoms with Crippen molar-refractivity contribution >= 4 is 17.7 Å². The van der Waals surface area contributed by atoms with Crippen molar-refractivity contribution in [1.29, 1.82) is 0 Å². The molecule has 0 radical (unpaired) electrons. The van der Waals surface area contributed by atoms with Crippen LogP contribution in [0.15, 0.2) is 24.3 Å². The van der Waals surface area contributed by atoms with Gasteiger partial charge in [-0.2, -0.15) is 0 Å². The van der Waals surface area contributed by atoms with Crippen molar-refractivity contribution < 1.29 is 14.7 Å². The van der Waals surface area contributed by atoms with E-state index >= 15 is 0 Å². The number of urea groups is 1. The Morgan fingerprint density at radius 2 is 2.07 bits per heavy atom. The summed E-state index contributed by atoms with van der Waals surface area (Å²) in [6, 6.07) is 5.36. The van der Waals surface area contributed by atoms with E-state index in [-0.39, 0.29) is 0 Å². The number of hydrogen-bond acceptors (Lipinski definition) is 2. The van der Waals surface area contributed by atoms with Crippen LogP contribution in [0.1, 0.15) is 11.6 Å². The average Bonchev–Trinajstić information content (AvgIpc) is 2.16. The number of carboxylic acids is 1. The van der Waals surface area contributed by atoms with E-state index in [0.717, 1.165) is 0 Å². The molecule has 72 valence electrons. The quantitative estimate of drug-likeness (QED) is 0.619. The van der Waals surface area contributed by atoms with Crippen LogP contribution >= 0.6 is 0 Å². The van der Waals surface area contributed by atoms with E-state index in [0.29, 0.717) is 11.3 Å². The van der Waals surface area contributed by atoms with Crippen LogP contribution in [0.4, 0.5) is 10.5 Å². The molecule has 1 unspecified atom stereocenters. The Balaban J connectivity index is 2.48. The summed E-state index contributed by atoms with van der Waals surface area (Å²) >= 11 is 0. The van der Waals surface area contributed by atoms with Crippen LogP contribution in [-0.2, 0) is 4.79 Å². The molecule has 2 amide bonds. The van der Waals surface area contributed by atoms with Crippen molar-refractivity contribution in [2.45, 2.75) is 6.04 Å². The van der Waals surface area contributed by atoms with Gasteiger partial charge in [0.05, 0.1) is 0 Å². The summed E-state index contributed by atoms with van der Waals surface area (Å²) in [5.74, 6) is -1.06. The van der Waals surface area contributed by atoms with E-state index in [1.165, 1.54) is 0 Å². The van der Waals surface area contributed by atoms with Gasteiger partial charge >= 0.3 is 12.0 Å². The maximum absolute atomic E-state index is 11.1. The average molecular weight is 192 g/mol. The molecule has 0 saturated carbocycles. The summed E-state index contributed by atoms with van der Waals surface area (Å²) in [5.41, 5.74) is 1.11. The number of para-hydroxylation sites is 1. The molecule has 1 aliphatic heterocycles. The van der Waals surface area contributed by atoms with E-state index in [1.54, 1.807) is 24.3 Å². The third-order valence-electron chi connectivity index (χ3n) is 2.04. The summed E-state index contributed by atoms with van der Waals surface area (Å²) < 4.78 is 0. The summed E-state index contributed by atoms with van der Waals surface area (Å²) in [7, 11) is 0. The molecule has 14 heavy (non-hydrogen) atoms. The Labute approximate surface area is 79.7 Å². The van der Waals surface area contributed by atoms with Crippen LogP contribution in [0.25, 0.3) is 0 Å². The molecule has 5 nitrogen and oxygen atoms in total. The van der Waals surface area contributed by atoms with Crippen LogP contribution in [0, 0.1) is 0 Å². The first-order chi connectivity index (χ1) is 6.68. The Kier molecular flexibility index (Phi) is 1.85. The van der Waals surface area contributed by atoms with Gasteiger partial charge in [0.15, 0.2) is 6.04 Å². The third-order valence-corrected chi connectivity index (χ3v) is 2.04. The molecule has 3 N–H and O–H groups in total. The second-order valence-corrected chi connectivity index (χ2v) is 2.96. The number of benzene rings is 1. The number of nitrogens with one attached hydrogen (secondary N) is 2. The fraction of sp³-hybridized carbons (Fsp3) is 0.111. The van der Waals surface area contributed by atoms with Gasteiger partial charge in [-0.1, -0.05) is 18.2 Å². The minimum absolute atomic E-state index is 0.490. The lowest BCUT2D eigenvalue weighted by atomic mass is 10.0. The van der Waals surface area contributed by atoms with Gasteiger partial charge in [0, 0.05) is 11.3 Å². The lowest BCUT2D eigenvalue weighted by Gasteiger charge is -2.23. The highest BCUT2D eigenvalue weighted by Crippen LogP contribution is 2.26. The van der Waals surface area contributed by atoms with Gasteiger partial charge in [-0.15, -0.1) is 0 Å². The lowest BCUT2D eigenvalue weighted by Crippen LogP contribution is -2.41. The minimum Gasteiger partial charge on any atom is -0.479 e. The standard InChI is InChI=1S/C9H8N2O3/c12-8(13)7-5-3-1-2-4-6(5)10-9(14)11-7/h1-4,7H,(H,12,13)(H2,10,11,14). The molecule has 1 aromatic carbocycles. The largest absolute Gasteiger partial charge is 0.479 e. The molecule has 0 saturated heterocycles. The van der Waals surface area contributed by atoms with Gasteiger partial charge in [0.2, 0.25) is 0 Å². The second kappa shape index (κ2) is 3.02. The summed E-state index contributed by atoms with van der Waals surface area (Å²) in [6.45, 7) is 0. The highest BCUT2D eigenvalue weighted by Gasteiger charge is 2.28. The zero-order valence-electron chi connectivity index (χ0n) is 7.15. The fourth-order valence-electron chi connectivity index (χ4n) is 1.42. The molecule has 0 aromatic heterocycles. The minimum atomic E-state index is -1.06. The molecule has 0 fully saturated rings. The van der Waals surface area contributed by atoms with Crippen molar-refractivity contribution in [1.82, 2.24) is 5.32 Å². The second-order valence-electron chi connectivity index (χ2n) is 2.96. The molecular weight excluding hydrogens is 184 g/mol. The van der Waals surface area contributed by atoms with E-state index in [1.807, 2.05) is 0 Å². The molecule has 5 heteroatoms. The molecule has 0 spiro atoms. The van der Waals surface area contributed by atoms with Crippen LogP contribution in [0.2, 0.25) is 0 Å². The predicted molar refractivity (Wildman–Crippen MR) is 49.0 cm³/mol. The number of anilines is 1. The first-order valence-corrected chi connectivity index (χ1v) is 4.08. The summed E-state index contributed by atoms with van der Waals surface area (Å²) in [6.07, 6.45) is 0. The number of carbonyl (C=O) groups excluding carboxylic acids is 1. The van der Waals surface area contributed by atoms with Gasteiger partial charge < -0.3 is 15.7 Å². The van der Waals surface area contributed by atoms with E-state index in [2.05, 4.69) is 10.6 Å². The first-order valence-electron chi connectivity index (χ1n) is 4.08. The van der Waals surface area contributed by atoms with Gasteiger partial charge in [0.1, 0.15) is 0 Å². The normalized spacial score (nSPS) is 19.1. The number of aliphatic carboxylic acids is 1. The maximum Gasteiger partial charge on any atom is 0.331 e. The fourth-order valence-corrected chi connectivity index (χ4v) is 1.42. The van der Waals surface area contributed by atoms with E-state index < -0.39 is 18.0 Å². The van der Waals surface area contributed by atoms with E-state index in [4.69, 9.17) is 5.11 Å². The molecular formula is C9H8N2O3. The van der Waals surface area contributed by atoms with Crippen molar-refractivity contribution in [3.63, 3.8) is 0 Å². The maximum atomic E-state index is 11.1. The SMILES string of the molecule is O=C1Nc2ccccc2C(C(=O)O)N1. The Morgan fingerprint density at radius 3 is 2.79 bits per heavy atom. The Morgan fingerprint density at radius 1 is 1.36 bits per heavy atom. The van der Waals surface area contributed by atoms with Crippen LogP contribution in [0.3, 0.4) is 0 Å². The molecule has 1 heterocycles. The van der Waals surface area contributed by atoms with Crippen LogP contribution in [-0.4, -0.2) is 17.1 Å². The topological polar surface area (TPSA) is 78.4 Å². The number of carbonyl (C=O) groups is 2. The molecule has 2 rings (SSSR count). The molecule has 1 aromatic rings. The van der Waals surface area contributed by atoms with Crippen LogP contribution < -0.4 is 10.6 Å². The Hall–Kier alpha value is -2.04. The van der Waals surface area contributed by atoms with Gasteiger partial charge in [0.25, 0.3) is 0 Å². The number of rotatable bonds is 1. The number of fused-ring (bicyclic) bond motifs is 1. The van der Waals surface area contributed by atoms with E-state index in [9.17, 15) is 9.59 Å². The van der Waals surface area contributed by atoms with Crippen molar-refractivity contribution in [3.05, 3.63) is 29.8 Å². The van der Waals surface area contributed by atoms with Crippen molar-refractivity contribution in [3.8, 4) is 0 Å². The number of hydrogen-bond donors (Lipinski definition) is 3. The zero-order chi connectivity index (χ0) is 10.1.